The van der Waals surface area contributed by atoms with Gasteiger partial charge in [-0.15, -0.1) is 0 Å². The number of allylic oxidation sites excluding steroid dienone is 2. The molecule has 0 N–H and O–H groups in total. The maximum absolute atomic E-state index is 10.3. The summed E-state index contributed by atoms with van der Waals surface area (Å²) in [5.41, 5.74) is 1.52. The summed E-state index contributed by atoms with van der Waals surface area (Å²) in [5.74, 6) is 0.927. The Kier molecular flexibility index (Phi) is 6.38. The summed E-state index contributed by atoms with van der Waals surface area (Å²) in [4.78, 5) is 10.3. The van der Waals surface area contributed by atoms with E-state index in [-0.39, 0.29) is 0 Å². The van der Waals surface area contributed by atoms with Gasteiger partial charge in [-0.2, -0.15) is 0 Å². The first-order chi connectivity index (χ1) is 7.36. The number of unbranched alkanes of at least 4 members (excludes halogenated alkanes) is 2. The molecule has 1 aliphatic carbocycles. The van der Waals surface area contributed by atoms with Crippen molar-refractivity contribution in [2.75, 3.05) is 0 Å². The standard InChI is InChI=1S/C14H24O/c1-2-3-4-6-13-8-10-14(11-9-13)7-5-12-15/h10,12-13H,2-9,11H2,1H3/t13-/m1/s1. The van der Waals surface area contributed by atoms with Crippen molar-refractivity contribution in [3.8, 4) is 0 Å². The average molecular weight is 208 g/mol. The molecular formula is C14H24O. The summed E-state index contributed by atoms with van der Waals surface area (Å²) < 4.78 is 0. The molecule has 1 aliphatic rings. The molecule has 0 spiro atoms. The minimum Gasteiger partial charge on any atom is -0.303 e. The predicted molar refractivity (Wildman–Crippen MR) is 64.9 cm³/mol. The van der Waals surface area contributed by atoms with Gasteiger partial charge in [-0.3, -0.25) is 0 Å². The Morgan fingerprint density at radius 2 is 2.33 bits per heavy atom. The fourth-order valence-corrected chi connectivity index (χ4v) is 2.36. The summed E-state index contributed by atoms with van der Waals surface area (Å²) in [5, 5.41) is 0. The Balaban J connectivity index is 2.15. The van der Waals surface area contributed by atoms with Gasteiger partial charge in [0, 0.05) is 6.42 Å². The zero-order valence-corrected chi connectivity index (χ0v) is 10.0. The normalized spacial score (nSPS) is 21.1. The topological polar surface area (TPSA) is 17.1 Å². The summed E-state index contributed by atoms with van der Waals surface area (Å²) in [6.07, 6.45) is 14.5. The lowest BCUT2D eigenvalue weighted by Gasteiger charge is -2.21. The Morgan fingerprint density at radius 1 is 1.47 bits per heavy atom. The van der Waals surface area contributed by atoms with Crippen LogP contribution < -0.4 is 0 Å². The van der Waals surface area contributed by atoms with Crippen molar-refractivity contribution < 1.29 is 4.79 Å². The molecule has 0 aromatic carbocycles. The zero-order chi connectivity index (χ0) is 10.9. The molecule has 0 aromatic rings. The fourth-order valence-electron chi connectivity index (χ4n) is 2.36. The van der Waals surface area contributed by atoms with Gasteiger partial charge < -0.3 is 4.79 Å². The van der Waals surface area contributed by atoms with Crippen LogP contribution in [0.15, 0.2) is 11.6 Å². The molecule has 0 radical (unpaired) electrons. The van der Waals surface area contributed by atoms with E-state index in [0.29, 0.717) is 6.42 Å². The molecule has 0 fully saturated rings. The van der Waals surface area contributed by atoms with E-state index >= 15 is 0 Å². The molecule has 0 amide bonds. The van der Waals surface area contributed by atoms with E-state index in [1.807, 2.05) is 0 Å². The lowest BCUT2D eigenvalue weighted by Crippen LogP contribution is -2.06. The number of rotatable bonds is 7. The molecular weight excluding hydrogens is 184 g/mol. The highest BCUT2D eigenvalue weighted by molar-refractivity contribution is 5.49. The van der Waals surface area contributed by atoms with E-state index in [1.165, 1.54) is 50.5 Å². The van der Waals surface area contributed by atoms with Crippen molar-refractivity contribution in [1.82, 2.24) is 0 Å². The lowest BCUT2D eigenvalue weighted by atomic mass is 9.85. The second kappa shape index (κ2) is 7.67. The van der Waals surface area contributed by atoms with Gasteiger partial charge in [0.2, 0.25) is 0 Å². The van der Waals surface area contributed by atoms with Crippen molar-refractivity contribution in [3.05, 3.63) is 11.6 Å². The van der Waals surface area contributed by atoms with Gasteiger partial charge >= 0.3 is 0 Å². The number of aldehydes is 1. The average Bonchev–Trinajstić information content (AvgIpc) is 2.28. The highest BCUT2D eigenvalue weighted by Gasteiger charge is 2.13. The maximum Gasteiger partial charge on any atom is 0.120 e. The third kappa shape index (κ3) is 5.15. The fraction of sp³-hybridized carbons (Fsp3) is 0.786. The highest BCUT2D eigenvalue weighted by Crippen LogP contribution is 2.29. The Morgan fingerprint density at radius 3 is 2.93 bits per heavy atom. The van der Waals surface area contributed by atoms with Gasteiger partial charge in [0.15, 0.2) is 0 Å². The summed E-state index contributed by atoms with van der Waals surface area (Å²) in [6, 6.07) is 0. The van der Waals surface area contributed by atoms with E-state index < -0.39 is 0 Å². The van der Waals surface area contributed by atoms with Crippen LogP contribution in [0.5, 0.6) is 0 Å². The number of hydrogen-bond acceptors (Lipinski definition) is 1. The molecule has 0 saturated heterocycles. The third-order valence-electron chi connectivity index (χ3n) is 3.41. The first-order valence-electron chi connectivity index (χ1n) is 6.48. The van der Waals surface area contributed by atoms with Gasteiger partial charge in [-0.1, -0.05) is 44.3 Å². The maximum atomic E-state index is 10.3. The van der Waals surface area contributed by atoms with Crippen molar-refractivity contribution in [3.63, 3.8) is 0 Å². The molecule has 1 heteroatoms. The van der Waals surface area contributed by atoms with E-state index in [2.05, 4.69) is 13.0 Å². The van der Waals surface area contributed by atoms with Crippen molar-refractivity contribution >= 4 is 6.29 Å². The van der Waals surface area contributed by atoms with Crippen LogP contribution in [0.2, 0.25) is 0 Å². The predicted octanol–water partition coefficient (Wildman–Crippen LogP) is 4.27. The van der Waals surface area contributed by atoms with Crippen LogP contribution in [0.25, 0.3) is 0 Å². The molecule has 1 rings (SSSR count). The summed E-state index contributed by atoms with van der Waals surface area (Å²) >= 11 is 0. The Hall–Kier alpha value is -0.590. The van der Waals surface area contributed by atoms with E-state index in [1.54, 1.807) is 0 Å². The molecule has 0 unspecified atom stereocenters. The summed E-state index contributed by atoms with van der Waals surface area (Å²) in [6.45, 7) is 2.26. The van der Waals surface area contributed by atoms with Gasteiger partial charge in [0.25, 0.3) is 0 Å². The third-order valence-corrected chi connectivity index (χ3v) is 3.41. The Bertz CT molecular complexity index is 205. The molecule has 0 aliphatic heterocycles. The highest BCUT2D eigenvalue weighted by atomic mass is 16.1. The monoisotopic (exact) mass is 208 g/mol. The molecule has 15 heavy (non-hydrogen) atoms. The van der Waals surface area contributed by atoms with Gasteiger partial charge in [0.05, 0.1) is 0 Å². The first-order valence-corrected chi connectivity index (χ1v) is 6.48. The van der Waals surface area contributed by atoms with Crippen LogP contribution in [-0.2, 0) is 4.79 Å². The Labute approximate surface area is 93.9 Å². The minimum absolute atomic E-state index is 0.715. The van der Waals surface area contributed by atoms with E-state index in [0.717, 1.165) is 18.6 Å². The van der Waals surface area contributed by atoms with Gasteiger partial charge in [-0.25, -0.2) is 0 Å². The van der Waals surface area contributed by atoms with Gasteiger partial charge in [-0.05, 0) is 31.6 Å². The number of carbonyl (C=O) groups excluding carboxylic acids is 1. The van der Waals surface area contributed by atoms with Gasteiger partial charge in [0.1, 0.15) is 6.29 Å². The second-order valence-electron chi connectivity index (χ2n) is 4.70. The molecule has 0 saturated carbocycles. The molecule has 1 atom stereocenters. The summed E-state index contributed by atoms with van der Waals surface area (Å²) in [7, 11) is 0. The second-order valence-corrected chi connectivity index (χ2v) is 4.70. The van der Waals surface area contributed by atoms with Crippen LogP contribution in [0.3, 0.4) is 0 Å². The quantitative estimate of drug-likeness (QED) is 0.347. The van der Waals surface area contributed by atoms with Crippen LogP contribution in [0, 0.1) is 5.92 Å². The van der Waals surface area contributed by atoms with Crippen LogP contribution in [-0.4, -0.2) is 6.29 Å². The zero-order valence-electron chi connectivity index (χ0n) is 10.0. The van der Waals surface area contributed by atoms with E-state index in [9.17, 15) is 4.79 Å². The van der Waals surface area contributed by atoms with E-state index in [4.69, 9.17) is 0 Å². The van der Waals surface area contributed by atoms with Crippen LogP contribution in [0.1, 0.15) is 64.7 Å². The molecule has 0 aromatic heterocycles. The van der Waals surface area contributed by atoms with Crippen LogP contribution >= 0.6 is 0 Å². The first kappa shape index (κ1) is 12.5. The van der Waals surface area contributed by atoms with Crippen molar-refractivity contribution in [2.24, 2.45) is 5.92 Å². The van der Waals surface area contributed by atoms with Crippen molar-refractivity contribution in [1.29, 1.82) is 0 Å². The molecule has 1 nitrogen and oxygen atoms in total. The minimum atomic E-state index is 0.715. The smallest absolute Gasteiger partial charge is 0.120 e. The molecule has 0 bridgehead atoms. The van der Waals surface area contributed by atoms with Crippen molar-refractivity contribution in [2.45, 2.75) is 64.7 Å². The molecule has 0 heterocycles. The number of carbonyl (C=O) groups is 1. The van der Waals surface area contributed by atoms with Crippen LogP contribution in [0.4, 0.5) is 0 Å². The number of hydrogen-bond donors (Lipinski definition) is 0. The lowest BCUT2D eigenvalue weighted by molar-refractivity contribution is -0.107. The SMILES string of the molecule is CCCCC[C@@H]1CC=C(CCC=O)CC1. The largest absolute Gasteiger partial charge is 0.303 e. The molecule has 86 valence electrons.